The molecule has 0 aliphatic heterocycles. The van der Waals surface area contributed by atoms with Gasteiger partial charge in [-0.05, 0) is 13.3 Å². The SMILES string of the molecule is CCC[C@@H](NC(=O)N(C)CC)C(=O)O. The standard InChI is InChI=1S/C9H18N2O3/c1-4-6-7(8(12)13)10-9(14)11(3)5-2/h7H,4-6H2,1-3H3,(H,10,14)(H,12,13)/t7-/m1/s1. The normalized spacial score (nSPS) is 11.9. The Kier molecular flexibility index (Phi) is 5.67. The summed E-state index contributed by atoms with van der Waals surface area (Å²) in [5.74, 6) is -0.982. The maximum absolute atomic E-state index is 11.3. The topological polar surface area (TPSA) is 69.6 Å². The first-order valence-corrected chi connectivity index (χ1v) is 4.77. The van der Waals surface area contributed by atoms with Crippen LogP contribution < -0.4 is 5.32 Å². The van der Waals surface area contributed by atoms with Gasteiger partial charge in [-0.2, -0.15) is 0 Å². The Hall–Kier alpha value is -1.26. The van der Waals surface area contributed by atoms with Gasteiger partial charge in [-0.25, -0.2) is 9.59 Å². The van der Waals surface area contributed by atoms with E-state index in [1.165, 1.54) is 4.90 Å². The Morgan fingerprint density at radius 1 is 1.43 bits per heavy atom. The van der Waals surface area contributed by atoms with Gasteiger partial charge in [0.25, 0.3) is 0 Å². The molecule has 5 nitrogen and oxygen atoms in total. The third-order valence-electron chi connectivity index (χ3n) is 1.99. The second-order valence-electron chi connectivity index (χ2n) is 3.14. The molecule has 0 spiro atoms. The van der Waals surface area contributed by atoms with Crippen LogP contribution in [0.25, 0.3) is 0 Å². The predicted molar refractivity (Wildman–Crippen MR) is 53.2 cm³/mol. The van der Waals surface area contributed by atoms with Gasteiger partial charge >= 0.3 is 12.0 Å². The van der Waals surface area contributed by atoms with Crippen molar-refractivity contribution in [2.75, 3.05) is 13.6 Å². The summed E-state index contributed by atoms with van der Waals surface area (Å²) in [4.78, 5) is 23.5. The number of aliphatic carboxylic acids is 1. The van der Waals surface area contributed by atoms with Crippen molar-refractivity contribution in [3.8, 4) is 0 Å². The van der Waals surface area contributed by atoms with Crippen LogP contribution in [0.1, 0.15) is 26.7 Å². The molecule has 14 heavy (non-hydrogen) atoms. The van der Waals surface area contributed by atoms with Crippen molar-refractivity contribution >= 4 is 12.0 Å². The van der Waals surface area contributed by atoms with Crippen LogP contribution in [0.4, 0.5) is 4.79 Å². The lowest BCUT2D eigenvalue weighted by molar-refractivity contribution is -0.139. The highest BCUT2D eigenvalue weighted by molar-refractivity contribution is 5.82. The van der Waals surface area contributed by atoms with Crippen molar-refractivity contribution in [1.82, 2.24) is 10.2 Å². The van der Waals surface area contributed by atoms with E-state index in [0.717, 1.165) is 6.42 Å². The summed E-state index contributed by atoms with van der Waals surface area (Å²) in [7, 11) is 1.63. The van der Waals surface area contributed by atoms with Crippen molar-refractivity contribution in [1.29, 1.82) is 0 Å². The lowest BCUT2D eigenvalue weighted by atomic mass is 10.2. The van der Waals surface area contributed by atoms with Crippen molar-refractivity contribution in [3.05, 3.63) is 0 Å². The number of hydrogen-bond acceptors (Lipinski definition) is 2. The molecule has 0 heterocycles. The summed E-state index contributed by atoms with van der Waals surface area (Å²) in [6, 6.07) is -1.12. The number of carbonyl (C=O) groups excluding carboxylic acids is 1. The van der Waals surface area contributed by atoms with Gasteiger partial charge in [-0.3, -0.25) is 0 Å². The van der Waals surface area contributed by atoms with E-state index in [1.807, 2.05) is 13.8 Å². The number of nitrogens with one attached hydrogen (secondary N) is 1. The number of hydrogen-bond donors (Lipinski definition) is 2. The zero-order valence-corrected chi connectivity index (χ0v) is 8.91. The summed E-state index contributed by atoms with van der Waals surface area (Å²) < 4.78 is 0. The maximum atomic E-state index is 11.3. The number of carboxylic acid groups (broad SMARTS) is 1. The van der Waals surface area contributed by atoms with Crippen molar-refractivity contribution in [2.24, 2.45) is 0 Å². The third-order valence-corrected chi connectivity index (χ3v) is 1.99. The molecule has 2 N–H and O–H groups in total. The number of rotatable bonds is 5. The first-order valence-electron chi connectivity index (χ1n) is 4.77. The van der Waals surface area contributed by atoms with Crippen LogP contribution >= 0.6 is 0 Å². The second kappa shape index (κ2) is 6.23. The van der Waals surface area contributed by atoms with E-state index in [4.69, 9.17) is 5.11 Å². The highest BCUT2D eigenvalue weighted by atomic mass is 16.4. The highest BCUT2D eigenvalue weighted by Crippen LogP contribution is 1.97. The van der Waals surface area contributed by atoms with E-state index < -0.39 is 12.0 Å². The van der Waals surface area contributed by atoms with Gasteiger partial charge < -0.3 is 15.3 Å². The molecule has 0 aliphatic carbocycles. The average molecular weight is 202 g/mol. The maximum Gasteiger partial charge on any atom is 0.326 e. The van der Waals surface area contributed by atoms with E-state index in [1.54, 1.807) is 7.05 Å². The fourth-order valence-corrected chi connectivity index (χ4v) is 0.949. The van der Waals surface area contributed by atoms with Crippen LogP contribution in [0.5, 0.6) is 0 Å². The Balaban J connectivity index is 4.15. The van der Waals surface area contributed by atoms with Gasteiger partial charge in [0.15, 0.2) is 0 Å². The van der Waals surface area contributed by atoms with E-state index in [9.17, 15) is 9.59 Å². The fraction of sp³-hybridized carbons (Fsp3) is 0.778. The van der Waals surface area contributed by atoms with Crippen LogP contribution in [0, 0.1) is 0 Å². The summed E-state index contributed by atoms with van der Waals surface area (Å²) in [5, 5.41) is 11.2. The van der Waals surface area contributed by atoms with Crippen LogP contribution in [0.3, 0.4) is 0 Å². The molecule has 0 bridgehead atoms. The monoisotopic (exact) mass is 202 g/mol. The summed E-state index contributed by atoms with van der Waals surface area (Å²) in [6.45, 7) is 4.27. The number of urea groups is 1. The summed E-state index contributed by atoms with van der Waals surface area (Å²) in [5.41, 5.74) is 0. The molecule has 0 aromatic carbocycles. The molecule has 2 amide bonds. The summed E-state index contributed by atoms with van der Waals surface area (Å²) >= 11 is 0. The third kappa shape index (κ3) is 4.11. The minimum absolute atomic E-state index is 0.339. The van der Waals surface area contributed by atoms with Crippen LogP contribution in [-0.2, 0) is 4.79 Å². The molecule has 0 unspecified atom stereocenters. The van der Waals surface area contributed by atoms with Crippen molar-refractivity contribution < 1.29 is 14.7 Å². The van der Waals surface area contributed by atoms with E-state index in [-0.39, 0.29) is 6.03 Å². The van der Waals surface area contributed by atoms with Crippen LogP contribution in [-0.4, -0.2) is 41.6 Å². The van der Waals surface area contributed by atoms with Gasteiger partial charge in [0, 0.05) is 13.6 Å². The van der Waals surface area contributed by atoms with E-state index in [0.29, 0.717) is 13.0 Å². The molecule has 0 aromatic rings. The first-order chi connectivity index (χ1) is 6.52. The second-order valence-corrected chi connectivity index (χ2v) is 3.14. The van der Waals surface area contributed by atoms with Gasteiger partial charge in [0.1, 0.15) is 6.04 Å². The molecule has 0 aromatic heterocycles. The van der Waals surface area contributed by atoms with Gasteiger partial charge in [0.2, 0.25) is 0 Å². The molecule has 82 valence electrons. The van der Waals surface area contributed by atoms with Gasteiger partial charge in [-0.1, -0.05) is 13.3 Å². The number of nitrogens with zero attached hydrogens (tertiary/aromatic N) is 1. The molecular formula is C9H18N2O3. The Morgan fingerprint density at radius 2 is 2.00 bits per heavy atom. The number of amides is 2. The largest absolute Gasteiger partial charge is 0.480 e. The minimum Gasteiger partial charge on any atom is -0.480 e. The molecule has 5 heteroatoms. The molecule has 0 saturated carbocycles. The fourth-order valence-electron chi connectivity index (χ4n) is 0.949. The van der Waals surface area contributed by atoms with Crippen molar-refractivity contribution in [3.63, 3.8) is 0 Å². The quantitative estimate of drug-likeness (QED) is 0.696. The first kappa shape index (κ1) is 12.7. The molecule has 1 atom stereocenters. The lowest BCUT2D eigenvalue weighted by Crippen LogP contribution is -2.46. The van der Waals surface area contributed by atoms with Crippen LogP contribution in [0.2, 0.25) is 0 Å². The Morgan fingerprint density at radius 3 is 2.36 bits per heavy atom. The summed E-state index contributed by atoms with van der Waals surface area (Å²) in [6.07, 6.45) is 1.19. The van der Waals surface area contributed by atoms with E-state index >= 15 is 0 Å². The predicted octanol–water partition coefficient (Wildman–Crippen LogP) is 0.901. The molecular weight excluding hydrogens is 184 g/mol. The van der Waals surface area contributed by atoms with E-state index in [2.05, 4.69) is 5.32 Å². The van der Waals surface area contributed by atoms with Gasteiger partial charge in [-0.15, -0.1) is 0 Å². The van der Waals surface area contributed by atoms with Crippen LogP contribution in [0.15, 0.2) is 0 Å². The molecule has 0 aliphatic rings. The van der Waals surface area contributed by atoms with Gasteiger partial charge in [0.05, 0.1) is 0 Å². The molecule has 0 fully saturated rings. The number of carbonyl (C=O) groups is 2. The molecule has 0 saturated heterocycles. The molecule has 0 rings (SSSR count). The smallest absolute Gasteiger partial charge is 0.326 e. The van der Waals surface area contributed by atoms with Crippen molar-refractivity contribution in [2.45, 2.75) is 32.7 Å². The minimum atomic E-state index is -0.982. The zero-order chi connectivity index (χ0) is 11.1. The number of carboxylic acids is 1. The molecule has 0 radical (unpaired) electrons. The zero-order valence-electron chi connectivity index (χ0n) is 8.91. The average Bonchev–Trinajstić information content (AvgIpc) is 2.15. The lowest BCUT2D eigenvalue weighted by Gasteiger charge is -2.19. The highest BCUT2D eigenvalue weighted by Gasteiger charge is 2.19. The Bertz CT molecular complexity index is 206. The Labute approximate surface area is 84.1 Å².